The molecule has 1 aliphatic heterocycles. The Morgan fingerprint density at radius 3 is 2.49 bits per heavy atom. The van der Waals surface area contributed by atoms with Crippen LogP contribution in [-0.2, 0) is 19.3 Å². The first kappa shape index (κ1) is 22.0. The van der Waals surface area contributed by atoms with E-state index < -0.39 is 0 Å². The van der Waals surface area contributed by atoms with Crippen molar-refractivity contribution in [2.45, 2.75) is 70.3 Å². The van der Waals surface area contributed by atoms with E-state index in [1.165, 1.54) is 83.7 Å². The lowest BCUT2D eigenvalue weighted by Crippen LogP contribution is -2.37. The second-order valence-corrected chi connectivity index (χ2v) is 12.1. The molecule has 0 amide bonds. The molecule has 0 aromatic heterocycles. The predicted octanol–water partition coefficient (Wildman–Crippen LogP) is 6.08. The SMILES string of the molecule is [c]1ccc2c(c1)C(C1=c3ccc4c(c3CC(C3CCC3)C1)CC=c1ccccc1=4)=CN(C1CCC1)CC2. The molecule has 1 atom stereocenters. The van der Waals surface area contributed by atoms with Gasteiger partial charge in [-0.25, -0.2) is 0 Å². The zero-order valence-electron chi connectivity index (χ0n) is 21.8. The molecule has 185 valence electrons. The summed E-state index contributed by atoms with van der Waals surface area (Å²) in [5.41, 5.74) is 9.32. The molecule has 1 radical (unpaired) electrons. The molecule has 5 aliphatic rings. The van der Waals surface area contributed by atoms with Crippen LogP contribution < -0.4 is 10.4 Å². The molecule has 1 heterocycles. The molecule has 1 nitrogen and oxygen atoms in total. The van der Waals surface area contributed by atoms with Crippen LogP contribution >= 0.6 is 0 Å². The van der Waals surface area contributed by atoms with Gasteiger partial charge in [0, 0.05) is 24.4 Å². The van der Waals surface area contributed by atoms with Crippen molar-refractivity contribution in [3.05, 3.63) is 110 Å². The van der Waals surface area contributed by atoms with Crippen LogP contribution in [0.4, 0.5) is 0 Å². The summed E-state index contributed by atoms with van der Waals surface area (Å²) in [5.74, 6) is 1.67. The molecule has 37 heavy (non-hydrogen) atoms. The fourth-order valence-corrected chi connectivity index (χ4v) is 7.76. The predicted molar refractivity (Wildman–Crippen MR) is 152 cm³/mol. The summed E-state index contributed by atoms with van der Waals surface area (Å²) in [6.45, 7) is 1.15. The third kappa shape index (κ3) is 3.57. The Morgan fingerprint density at radius 2 is 1.65 bits per heavy atom. The molecule has 0 N–H and O–H groups in total. The topological polar surface area (TPSA) is 3.24 Å². The number of allylic oxidation sites excluding steroid dienone is 1. The molecular formula is C36H36N. The van der Waals surface area contributed by atoms with Crippen LogP contribution in [0.1, 0.15) is 67.2 Å². The second kappa shape index (κ2) is 8.76. The van der Waals surface area contributed by atoms with Crippen LogP contribution in [0.25, 0.3) is 17.2 Å². The lowest BCUT2D eigenvalue weighted by Gasteiger charge is -2.39. The Morgan fingerprint density at radius 1 is 0.784 bits per heavy atom. The largest absolute Gasteiger partial charge is 0.374 e. The molecule has 3 aromatic rings. The fourth-order valence-electron chi connectivity index (χ4n) is 7.76. The Labute approximate surface area is 220 Å². The molecule has 0 saturated heterocycles. The highest BCUT2D eigenvalue weighted by atomic mass is 15.1. The zero-order valence-corrected chi connectivity index (χ0v) is 21.8. The Kier molecular flexibility index (Phi) is 5.20. The summed E-state index contributed by atoms with van der Waals surface area (Å²) >= 11 is 0. The smallest absolute Gasteiger partial charge is 0.0284 e. The van der Waals surface area contributed by atoms with Gasteiger partial charge in [0.2, 0.25) is 0 Å². The summed E-state index contributed by atoms with van der Waals surface area (Å²) in [6.07, 6.45) is 18.1. The van der Waals surface area contributed by atoms with Crippen LogP contribution in [0.2, 0.25) is 0 Å². The highest BCUT2D eigenvalue weighted by molar-refractivity contribution is 5.99. The van der Waals surface area contributed by atoms with Gasteiger partial charge in [-0.2, -0.15) is 0 Å². The summed E-state index contributed by atoms with van der Waals surface area (Å²) in [7, 11) is 0. The first-order valence-electron chi connectivity index (χ1n) is 14.7. The summed E-state index contributed by atoms with van der Waals surface area (Å²) in [4.78, 5) is 2.71. The van der Waals surface area contributed by atoms with Gasteiger partial charge in [-0.05, 0) is 118 Å². The highest BCUT2D eigenvalue weighted by Crippen LogP contribution is 2.44. The number of hydrogen-bond donors (Lipinski definition) is 0. The maximum absolute atomic E-state index is 3.45. The van der Waals surface area contributed by atoms with E-state index in [-0.39, 0.29) is 0 Å². The summed E-state index contributed by atoms with van der Waals surface area (Å²) in [6, 6.07) is 24.9. The average Bonchev–Trinajstić information content (AvgIpc) is 3.06. The van der Waals surface area contributed by atoms with Gasteiger partial charge < -0.3 is 4.90 Å². The van der Waals surface area contributed by atoms with Gasteiger partial charge in [-0.1, -0.05) is 73.9 Å². The number of fused-ring (bicyclic) bond motifs is 5. The quantitative estimate of drug-likeness (QED) is 0.438. The van der Waals surface area contributed by atoms with Crippen molar-refractivity contribution in [1.82, 2.24) is 4.90 Å². The lowest BCUT2D eigenvalue weighted by atomic mass is 9.67. The van der Waals surface area contributed by atoms with E-state index in [2.05, 4.69) is 77.8 Å². The van der Waals surface area contributed by atoms with E-state index in [1.807, 2.05) is 0 Å². The Balaban J connectivity index is 1.39. The minimum Gasteiger partial charge on any atom is -0.374 e. The summed E-state index contributed by atoms with van der Waals surface area (Å²) in [5, 5.41) is 5.84. The maximum Gasteiger partial charge on any atom is 0.0284 e. The average molecular weight is 483 g/mol. The van der Waals surface area contributed by atoms with E-state index in [9.17, 15) is 0 Å². The number of benzene rings is 3. The van der Waals surface area contributed by atoms with Crippen molar-refractivity contribution in [2.24, 2.45) is 11.8 Å². The highest BCUT2D eigenvalue weighted by Gasteiger charge is 2.34. The van der Waals surface area contributed by atoms with Gasteiger partial charge >= 0.3 is 0 Å². The third-order valence-corrected chi connectivity index (χ3v) is 10.3. The maximum atomic E-state index is 3.45. The molecule has 8 rings (SSSR count). The van der Waals surface area contributed by atoms with Crippen LogP contribution in [0.3, 0.4) is 0 Å². The van der Waals surface area contributed by atoms with Crippen molar-refractivity contribution in [3.63, 3.8) is 0 Å². The zero-order chi connectivity index (χ0) is 24.3. The Bertz CT molecular complexity index is 1630. The molecule has 0 spiro atoms. The molecular weight excluding hydrogens is 446 g/mol. The third-order valence-electron chi connectivity index (χ3n) is 10.3. The normalized spacial score (nSPS) is 22.8. The minimum absolute atomic E-state index is 0.731. The van der Waals surface area contributed by atoms with Crippen molar-refractivity contribution in [1.29, 1.82) is 0 Å². The monoisotopic (exact) mass is 482 g/mol. The van der Waals surface area contributed by atoms with E-state index in [0.717, 1.165) is 37.3 Å². The van der Waals surface area contributed by atoms with Crippen LogP contribution in [0, 0.1) is 28.3 Å². The van der Waals surface area contributed by atoms with Crippen LogP contribution in [0.15, 0.2) is 60.8 Å². The van der Waals surface area contributed by atoms with Gasteiger partial charge in [0.15, 0.2) is 0 Å². The number of rotatable bonds is 3. The van der Waals surface area contributed by atoms with Gasteiger partial charge in [0.1, 0.15) is 0 Å². The molecule has 4 aliphatic carbocycles. The molecule has 3 aromatic carbocycles. The summed E-state index contributed by atoms with van der Waals surface area (Å²) < 4.78 is 0. The fraction of sp³-hybridized carbons (Fsp3) is 0.389. The van der Waals surface area contributed by atoms with E-state index in [0.29, 0.717) is 0 Å². The standard InChI is InChI=1S/C36H36N/c1-3-13-29-25(7-1)15-16-32-31(29)17-18-33-34(32)21-27(24-9-5-10-24)22-35(33)36-23-37(28-11-6-12-28)20-19-26-8-2-4-14-30(26)36/h1-3,7-8,13-15,17-18,23-24,27-28H,5-6,9-12,16,19-22H2. The van der Waals surface area contributed by atoms with Gasteiger partial charge in [0.05, 0.1) is 0 Å². The Hall–Kier alpha value is -3.06. The minimum atomic E-state index is 0.731. The molecule has 0 bridgehead atoms. The molecule has 1 unspecified atom stereocenters. The van der Waals surface area contributed by atoms with Gasteiger partial charge in [0.25, 0.3) is 0 Å². The van der Waals surface area contributed by atoms with Gasteiger partial charge in [-0.15, -0.1) is 0 Å². The van der Waals surface area contributed by atoms with Crippen molar-refractivity contribution >= 4 is 17.2 Å². The van der Waals surface area contributed by atoms with E-state index in [1.54, 1.807) is 21.9 Å². The lowest BCUT2D eigenvalue weighted by molar-refractivity contribution is 0.187. The molecule has 1 heteroatoms. The van der Waals surface area contributed by atoms with E-state index >= 15 is 0 Å². The molecule has 2 fully saturated rings. The van der Waals surface area contributed by atoms with Crippen molar-refractivity contribution < 1.29 is 0 Å². The van der Waals surface area contributed by atoms with Crippen molar-refractivity contribution in [3.8, 4) is 0 Å². The van der Waals surface area contributed by atoms with Crippen molar-refractivity contribution in [2.75, 3.05) is 6.54 Å². The second-order valence-electron chi connectivity index (χ2n) is 12.1. The number of nitrogens with zero attached hydrogens (tertiary/aromatic N) is 1. The van der Waals surface area contributed by atoms with Crippen LogP contribution in [0.5, 0.6) is 0 Å². The first-order valence-corrected chi connectivity index (χ1v) is 14.7. The molecule has 2 saturated carbocycles. The van der Waals surface area contributed by atoms with Crippen LogP contribution in [-0.4, -0.2) is 17.5 Å². The number of hydrogen-bond acceptors (Lipinski definition) is 1. The first-order chi connectivity index (χ1) is 18.3. The van der Waals surface area contributed by atoms with E-state index in [4.69, 9.17) is 0 Å². The van der Waals surface area contributed by atoms with Gasteiger partial charge in [-0.3, -0.25) is 0 Å².